The molecule has 1 heterocycles. The molecule has 0 spiro atoms. The van der Waals surface area contributed by atoms with Gasteiger partial charge in [-0.15, -0.1) is 0 Å². The Balaban J connectivity index is 2.06. The molecule has 4 heteroatoms. The molecule has 0 aromatic rings. The molecule has 0 radical (unpaired) electrons. The monoisotopic (exact) mass is 243 g/mol. The molecule has 0 aromatic carbocycles. The minimum absolute atomic E-state index is 0.657. The number of hydrogen-bond donors (Lipinski definition) is 1. The third-order valence-electron chi connectivity index (χ3n) is 3.28. The van der Waals surface area contributed by atoms with Crippen molar-refractivity contribution in [1.29, 1.82) is 0 Å². The summed E-state index contributed by atoms with van der Waals surface area (Å²) in [6.07, 6.45) is 3.26. The fraction of sp³-hybridized carbons (Fsp3) is 0.917. The molecule has 0 unspecified atom stereocenters. The minimum Gasteiger partial charge on any atom is -0.393 e. The fourth-order valence-electron chi connectivity index (χ4n) is 2.14. The molecule has 16 heavy (non-hydrogen) atoms. The maximum Gasteiger partial charge on any atom is 0.0727 e. The molecule has 0 saturated carbocycles. The number of nitrogens with two attached hydrogens (primary N) is 1. The van der Waals surface area contributed by atoms with Gasteiger partial charge in [0.1, 0.15) is 0 Å². The second-order valence-corrected chi connectivity index (χ2v) is 5.42. The Morgan fingerprint density at radius 2 is 1.81 bits per heavy atom. The van der Waals surface area contributed by atoms with Gasteiger partial charge in [0.15, 0.2) is 0 Å². The Labute approximate surface area is 105 Å². The molecule has 0 amide bonds. The lowest BCUT2D eigenvalue weighted by Crippen LogP contribution is -2.48. The second-order valence-electron chi connectivity index (χ2n) is 4.89. The van der Waals surface area contributed by atoms with Crippen LogP contribution in [0.1, 0.15) is 33.1 Å². The number of nitrogens with zero attached hydrogens (tertiary/aromatic N) is 2. The average molecular weight is 243 g/mol. The van der Waals surface area contributed by atoms with Gasteiger partial charge in [0.2, 0.25) is 0 Å². The van der Waals surface area contributed by atoms with Crippen LogP contribution < -0.4 is 5.73 Å². The molecule has 0 aromatic heterocycles. The van der Waals surface area contributed by atoms with Crippen molar-refractivity contribution in [3.8, 4) is 0 Å². The van der Waals surface area contributed by atoms with Crippen LogP contribution in [0.5, 0.6) is 0 Å². The van der Waals surface area contributed by atoms with Crippen LogP contribution in [0.15, 0.2) is 0 Å². The molecule has 0 atom stereocenters. The van der Waals surface area contributed by atoms with Crippen molar-refractivity contribution in [1.82, 2.24) is 9.80 Å². The summed E-state index contributed by atoms with van der Waals surface area (Å²) >= 11 is 4.87. The zero-order chi connectivity index (χ0) is 12.0. The molecular formula is C12H25N3S. The smallest absolute Gasteiger partial charge is 0.0727 e. The molecular weight excluding hydrogens is 218 g/mol. The number of piperazine rings is 1. The maximum absolute atomic E-state index is 5.47. The first kappa shape index (κ1) is 13.9. The summed E-state index contributed by atoms with van der Waals surface area (Å²) in [6, 6.07) is 0.691. The predicted octanol–water partition coefficient (Wildman–Crippen LogP) is 1.47. The van der Waals surface area contributed by atoms with Crippen LogP contribution in [0.2, 0.25) is 0 Å². The van der Waals surface area contributed by atoms with Gasteiger partial charge in [0, 0.05) is 32.2 Å². The molecule has 94 valence electrons. The second kappa shape index (κ2) is 7.20. The molecule has 1 saturated heterocycles. The summed E-state index contributed by atoms with van der Waals surface area (Å²) in [6.45, 7) is 10.6. The molecule has 0 aliphatic carbocycles. The minimum atomic E-state index is 0.657. The fourth-order valence-corrected chi connectivity index (χ4v) is 2.28. The summed E-state index contributed by atoms with van der Waals surface area (Å²) in [4.78, 5) is 5.76. The van der Waals surface area contributed by atoms with Gasteiger partial charge < -0.3 is 10.6 Å². The van der Waals surface area contributed by atoms with Gasteiger partial charge >= 0.3 is 0 Å². The van der Waals surface area contributed by atoms with Crippen molar-refractivity contribution in [2.45, 2.75) is 39.2 Å². The van der Waals surface area contributed by atoms with E-state index in [2.05, 4.69) is 23.6 Å². The number of hydrogen-bond acceptors (Lipinski definition) is 3. The van der Waals surface area contributed by atoms with Gasteiger partial charge in [-0.25, -0.2) is 0 Å². The van der Waals surface area contributed by atoms with E-state index >= 15 is 0 Å². The maximum atomic E-state index is 5.47. The average Bonchev–Trinajstić information content (AvgIpc) is 2.25. The highest BCUT2D eigenvalue weighted by Crippen LogP contribution is 2.07. The molecule has 3 nitrogen and oxygen atoms in total. The summed E-state index contributed by atoms with van der Waals surface area (Å²) < 4.78 is 0. The molecule has 1 aliphatic rings. The first-order valence-corrected chi connectivity index (χ1v) is 6.75. The molecule has 0 bridgehead atoms. The van der Waals surface area contributed by atoms with Gasteiger partial charge in [-0.1, -0.05) is 12.2 Å². The normalized spacial score (nSPS) is 19.2. The zero-order valence-electron chi connectivity index (χ0n) is 10.6. The molecule has 1 aliphatic heterocycles. The summed E-state index contributed by atoms with van der Waals surface area (Å²) in [5, 5.41) is 0. The summed E-state index contributed by atoms with van der Waals surface area (Å²) in [5.74, 6) is 0. The lowest BCUT2D eigenvalue weighted by Gasteiger charge is -2.36. The highest BCUT2D eigenvalue weighted by molar-refractivity contribution is 7.80. The van der Waals surface area contributed by atoms with Crippen molar-refractivity contribution in [2.75, 3.05) is 32.7 Å². The summed E-state index contributed by atoms with van der Waals surface area (Å²) in [5.41, 5.74) is 5.47. The van der Waals surface area contributed by atoms with Crippen molar-refractivity contribution in [2.24, 2.45) is 5.73 Å². The van der Waals surface area contributed by atoms with E-state index in [0.29, 0.717) is 11.0 Å². The third-order valence-corrected chi connectivity index (χ3v) is 3.49. The van der Waals surface area contributed by atoms with Gasteiger partial charge in [0.25, 0.3) is 0 Å². The van der Waals surface area contributed by atoms with Gasteiger partial charge in [-0.2, -0.15) is 0 Å². The van der Waals surface area contributed by atoms with Crippen LogP contribution in [0, 0.1) is 0 Å². The van der Waals surface area contributed by atoms with Crippen LogP contribution in [0.4, 0.5) is 0 Å². The van der Waals surface area contributed by atoms with E-state index in [9.17, 15) is 0 Å². The van der Waals surface area contributed by atoms with E-state index in [1.165, 1.54) is 39.1 Å². The van der Waals surface area contributed by atoms with E-state index in [-0.39, 0.29) is 0 Å². The van der Waals surface area contributed by atoms with Crippen molar-refractivity contribution < 1.29 is 0 Å². The van der Waals surface area contributed by atoms with Crippen LogP contribution in [0.3, 0.4) is 0 Å². The van der Waals surface area contributed by atoms with E-state index < -0.39 is 0 Å². The van der Waals surface area contributed by atoms with Crippen LogP contribution >= 0.6 is 12.2 Å². The molecule has 1 fully saturated rings. The van der Waals surface area contributed by atoms with E-state index in [0.717, 1.165) is 12.8 Å². The lowest BCUT2D eigenvalue weighted by atomic mass is 10.2. The van der Waals surface area contributed by atoms with E-state index in [4.69, 9.17) is 18.0 Å². The first-order valence-electron chi connectivity index (χ1n) is 6.34. The van der Waals surface area contributed by atoms with Gasteiger partial charge in [0.05, 0.1) is 4.99 Å². The number of rotatable bonds is 6. The Kier molecular flexibility index (Phi) is 6.24. The van der Waals surface area contributed by atoms with Gasteiger partial charge in [-0.05, 0) is 39.7 Å². The van der Waals surface area contributed by atoms with Gasteiger partial charge in [-0.3, -0.25) is 4.90 Å². The van der Waals surface area contributed by atoms with Crippen LogP contribution in [-0.4, -0.2) is 53.6 Å². The Morgan fingerprint density at radius 3 is 2.31 bits per heavy atom. The van der Waals surface area contributed by atoms with E-state index in [1.54, 1.807) is 0 Å². The SMILES string of the molecule is CC(C)N1CCN(CCCCC(N)=S)CC1. The summed E-state index contributed by atoms with van der Waals surface area (Å²) in [7, 11) is 0. The van der Waals surface area contributed by atoms with Crippen LogP contribution in [0.25, 0.3) is 0 Å². The standard InChI is InChI=1S/C12H25N3S/c1-11(2)15-9-7-14(8-10-15)6-4-3-5-12(13)16/h11H,3-10H2,1-2H3,(H2,13,16). The predicted molar refractivity (Wildman–Crippen MR) is 73.8 cm³/mol. The van der Waals surface area contributed by atoms with Crippen LogP contribution in [-0.2, 0) is 0 Å². The van der Waals surface area contributed by atoms with E-state index in [1.807, 2.05) is 0 Å². The largest absolute Gasteiger partial charge is 0.393 e. The number of unbranched alkanes of at least 4 members (excludes halogenated alkanes) is 1. The molecule has 1 rings (SSSR count). The topological polar surface area (TPSA) is 32.5 Å². The molecule has 2 N–H and O–H groups in total. The quantitative estimate of drug-likeness (QED) is 0.566. The first-order chi connectivity index (χ1) is 7.59. The Hall–Kier alpha value is -0.190. The van der Waals surface area contributed by atoms with Crippen molar-refractivity contribution >= 4 is 17.2 Å². The Bertz CT molecular complexity index is 210. The zero-order valence-corrected chi connectivity index (χ0v) is 11.4. The number of thiocarbonyl (C=S) groups is 1. The lowest BCUT2D eigenvalue weighted by molar-refractivity contribution is 0.107. The van der Waals surface area contributed by atoms with Crippen molar-refractivity contribution in [3.05, 3.63) is 0 Å². The highest BCUT2D eigenvalue weighted by atomic mass is 32.1. The van der Waals surface area contributed by atoms with Crippen molar-refractivity contribution in [3.63, 3.8) is 0 Å². The highest BCUT2D eigenvalue weighted by Gasteiger charge is 2.17. The Morgan fingerprint density at radius 1 is 1.19 bits per heavy atom. The third kappa shape index (κ3) is 5.23.